The van der Waals surface area contributed by atoms with Crippen LogP contribution in [-0.2, 0) is 0 Å². The molecule has 3 N–H and O–H groups in total. The Kier molecular flexibility index (Phi) is 4.03. The van der Waals surface area contributed by atoms with Gasteiger partial charge in [-0.25, -0.2) is 4.98 Å². The molecule has 21 heavy (non-hydrogen) atoms. The van der Waals surface area contributed by atoms with Gasteiger partial charge in [-0.05, 0) is 19.3 Å². The van der Waals surface area contributed by atoms with Crippen molar-refractivity contribution in [3.8, 4) is 0 Å². The van der Waals surface area contributed by atoms with E-state index in [9.17, 15) is 4.79 Å². The van der Waals surface area contributed by atoms with Crippen molar-refractivity contribution in [2.45, 2.75) is 26.3 Å². The summed E-state index contributed by atoms with van der Waals surface area (Å²) in [5, 5.41) is 4.19. The molecule has 0 spiro atoms. The van der Waals surface area contributed by atoms with Gasteiger partial charge in [0.05, 0.1) is 0 Å². The first-order valence-electron chi connectivity index (χ1n) is 7.59. The first kappa shape index (κ1) is 14.6. The number of aromatic nitrogens is 1. The first-order chi connectivity index (χ1) is 10.1. The topological polar surface area (TPSA) is 74.5 Å². The van der Waals surface area contributed by atoms with Crippen molar-refractivity contribution >= 4 is 28.2 Å². The molecule has 2 atom stereocenters. The number of piperazine rings is 1. The van der Waals surface area contributed by atoms with Crippen LogP contribution < -0.4 is 16.0 Å². The normalized spacial score (nSPS) is 26.4. The van der Waals surface area contributed by atoms with Gasteiger partial charge in [-0.1, -0.05) is 18.3 Å². The lowest BCUT2D eigenvalue weighted by Gasteiger charge is -2.26. The van der Waals surface area contributed by atoms with Gasteiger partial charge in [-0.15, -0.1) is 0 Å². The van der Waals surface area contributed by atoms with Gasteiger partial charge < -0.3 is 20.9 Å². The van der Waals surface area contributed by atoms with Crippen LogP contribution in [0.4, 0.5) is 10.9 Å². The van der Waals surface area contributed by atoms with Crippen LogP contribution in [0.5, 0.6) is 0 Å². The number of thiazole rings is 1. The maximum Gasteiger partial charge on any atom is 0.268 e. The number of amides is 1. The number of nitrogens with two attached hydrogens (primary N) is 1. The number of nitrogens with one attached hydrogen (secondary N) is 1. The van der Waals surface area contributed by atoms with Crippen LogP contribution in [0.3, 0.4) is 0 Å². The van der Waals surface area contributed by atoms with Crippen LogP contribution in [0.15, 0.2) is 0 Å². The quantitative estimate of drug-likeness (QED) is 0.853. The summed E-state index contributed by atoms with van der Waals surface area (Å²) < 4.78 is 0. The highest BCUT2D eigenvalue weighted by atomic mass is 32.1. The molecule has 7 heteroatoms. The molecule has 6 nitrogen and oxygen atoms in total. The predicted molar refractivity (Wildman–Crippen MR) is 85.9 cm³/mol. The third kappa shape index (κ3) is 2.85. The summed E-state index contributed by atoms with van der Waals surface area (Å²) in [6, 6.07) is 0.289. The highest BCUT2D eigenvalue weighted by Gasteiger charge is 2.33. The fraction of sp³-hybridized carbons (Fsp3) is 0.714. The van der Waals surface area contributed by atoms with Crippen LogP contribution >= 0.6 is 11.3 Å². The number of hydrogen-bond donors (Lipinski definition) is 2. The summed E-state index contributed by atoms with van der Waals surface area (Å²) in [5.74, 6) is 0.985. The second-order valence-electron chi connectivity index (χ2n) is 6.10. The number of anilines is 2. The fourth-order valence-electron chi connectivity index (χ4n) is 3.18. The van der Waals surface area contributed by atoms with Gasteiger partial charge in [0, 0.05) is 38.8 Å². The van der Waals surface area contributed by atoms with E-state index >= 15 is 0 Å². The van der Waals surface area contributed by atoms with Gasteiger partial charge in [0.1, 0.15) is 10.7 Å². The molecule has 0 aliphatic carbocycles. The molecular weight excluding hydrogens is 286 g/mol. The number of hydrogen-bond acceptors (Lipinski definition) is 6. The minimum absolute atomic E-state index is 0.0447. The van der Waals surface area contributed by atoms with E-state index in [1.807, 2.05) is 4.90 Å². The molecule has 3 heterocycles. The summed E-state index contributed by atoms with van der Waals surface area (Å²) in [4.78, 5) is 21.9. The molecule has 2 aliphatic rings. The molecule has 1 aromatic rings. The number of rotatable bonds is 2. The van der Waals surface area contributed by atoms with Crippen molar-refractivity contribution in [2.75, 3.05) is 43.4 Å². The van der Waals surface area contributed by atoms with E-state index in [2.05, 4.69) is 29.0 Å². The van der Waals surface area contributed by atoms with Crippen molar-refractivity contribution < 1.29 is 4.79 Å². The highest BCUT2D eigenvalue weighted by molar-refractivity contribution is 7.18. The molecule has 2 unspecified atom stereocenters. The summed E-state index contributed by atoms with van der Waals surface area (Å²) in [7, 11) is 0. The summed E-state index contributed by atoms with van der Waals surface area (Å²) >= 11 is 1.44. The molecular formula is C14H23N5OS. The van der Waals surface area contributed by atoms with Crippen LogP contribution in [-0.4, -0.2) is 54.6 Å². The van der Waals surface area contributed by atoms with E-state index < -0.39 is 0 Å². The molecule has 116 valence electrons. The Morgan fingerprint density at radius 3 is 2.71 bits per heavy atom. The van der Waals surface area contributed by atoms with E-state index in [1.165, 1.54) is 11.3 Å². The van der Waals surface area contributed by atoms with Crippen molar-refractivity contribution in [1.82, 2.24) is 15.2 Å². The van der Waals surface area contributed by atoms with E-state index in [1.54, 1.807) is 0 Å². The van der Waals surface area contributed by atoms with Gasteiger partial charge in [-0.3, -0.25) is 4.79 Å². The number of likely N-dealkylation sites (tertiary alicyclic amines) is 1. The van der Waals surface area contributed by atoms with Crippen LogP contribution in [0.25, 0.3) is 0 Å². The smallest absolute Gasteiger partial charge is 0.268 e. The molecule has 0 radical (unpaired) electrons. The monoisotopic (exact) mass is 309 g/mol. The predicted octanol–water partition coefficient (Wildman–Crippen LogP) is 1.01. The number of nitrogen functional groups attached to an aromatic ring is 1. The maximum absolute atomic E-state index is 12.7. The summed E-state index contributed by atoms with van der Waals surface area (Å²) in [6.45, 7) is 8.84. The second-order valence-corrected chi connectivity index (χ2v) is 7.07. The SMILES string of the molecule is CC1CC(C)N(C(=O)c2sc(N3CCNCC3)nc2N)C1. The third-order valence-corrected chi connectivity index (χ3v) is 5.39. The Morgan fingerprint density at radius 1 is 1.38 bits per heavy atom. The zero-order valence-corrected chi connectivity index (χ0v) is 13.4. The van der Waals surface area contributed by atoms with Gasteiger partial charge in [0.25, 0.3) is 5.91 Å². The van der Waals surface area contributed by atoms with E-state index in [4.69, 9.17) is 5.73 Å². The zero-order valence-electron chi connectivity index (χ0n) is 12.6. The lowest BCUT2D eigenvalue weighted by atomic mass is 10.1. The van der Waals surface area contributed by atoms with E-state index in [-0.39, 0.29) is 11.9 Å². The molecule has 1 amide bonds. The van der Waals surface area contributed by atoms with E-state index in [0.717, 1.165) is 44.3 Å². The Bertz CT molecular complexity index is 525. The average molecular weight is 309 g/mol. The highest BCUT2D eigenvalue weighted by Crippen LogP contribution is 2.32. The summed E-state index contributed by atoms with van der Waals surface area (Å²) in [5.41, 5.74) is 6.01. The Morgan fingerprint density at radius 2 is 2.10 bits per heavy atom. The average Bonchev–Trinajstić information content (AvgIpc) is 3.02. The van der Waals surface area contributed by atoms with E-state index in [0.29, 0.717) is 16.6 Å². The van der Waals surface area contributed by atoms with Crippen molar-refractivity contribution in [3.05, 3.63) is 4.88 Å². The van der Waals surface area contributed by atoms with Crippen LogP contribution in [0.1, 0.15) is 29.9 Å². The Hall–Kier alpha value is -1.34. The molecule has 0 aromatic carbocycles. The Labute approximate surface area is 129 Å². The summed E-state index contributed by atoms with van der Waals surface area (Å²) in [6.07, 6.45) is 1.06. The zero-order chi connectivity index (χ0) is 15.0. The standard InChI is InChI=1S/C14H23N5OS/c1-9-7-10(2)19(8-9)13(20)11-12(15)17-14(21-11)18-5-3-16-4-6-18/h9-10,16H,3-8,15H2,1-2H3. The fourth-order valence-corrected chi connectivity index (χ4v) is 4.17. The minimum atomic E-state index is 0.0447. The van der Waals surface area contributed by atoms with Gasteiger partial charge in [-0.2, -0.15) is 0 Å². The molecule has 2 saturated heterocycles. The molecule has 2 fully saturated rings. The van der Waals surface area contributed by atoms with Crippen molar-refractivity contribution in [3.63, 3.8) is 0 Å². The van der Waals surface area contributed by atoms with Crippen LogP contribution in [0.2, 0.25) is 0 Å². The first-order valence-corrected chi connectivity index (χ1v) is 8.41. The maximum atomic E-state index is 12.7. The lowest BCUT2D eigenvalue weighted by Crippen LogP contribution is -2.43. The Balaban J connectivity index is 1.79. The molecule has 2 aliphatic heterocycles. The van der Waals surface area contributed by atoms with Crippen molar-refractivity contribution in [1.29, 1.82) is 0 Å². The molecule has 3 rings (SSSR count). The number of nitrogens with zero attached hydrogens (tertiary/aromatic N) is 3. The molecule has 1 aromatic heterocycles. The van der Waals surface area contributed by atoms with Crippen molar-refractivity contribution in [2.24, 2.45) is 5.92 Å². The van der Waals surface area contributed by atoms with Gasteiger partial charge in [0.15, 0.2) is 5.13 Å². The molecule has 0 bridgehead atoms. The third-order valence-electron chi connectivity index (χ3n) is 4.27. The number of carbonyl (C=O) groups is 1. The van der Waals surface area contributed by atoms with Crippen LogP contribution in [0, 0.1) is 5.92 Å². The number of carbonyl (C=O) groups excluding carboxylic acids is 1. The lowest BCUT2D eigenvalue weighted by molar-refractivity contribution is 0.0749. The largest absolute Gasteiger partial charge is 0.382 e. The molecule has 0 saturated carbocycles. The minimum Gasteiger partial charge on any atom is -0.382 e. The van der Waals surface area contributed by atoms with Gasteiger partial charge in [0.2, 0.25) is 0 Å². The van der Waals surface area contributed by atoms with Gasteiger partial charge >= 0.3 is 0 Å². The second kappa shape index (κ2) is 5.81.